The SMILES string of the molecule is COCCN(CC(C)C)C(=O)CSc1ccc(F)c(F)c1. The molecule has 0 aliphatic heterocycles. The van der Waals surface area contributed by atoms with Gasteiger partial charge in [-0.2, -0.15) is 0 Å². The number of hydrogen-bond donors (Lipinski definition) is 0. The molecule has 0 aromatic heterocycles. The van der Waals surface area contributed by atoms with Gasteiger partial charge in [-0.25, -0.2) is 8.78 Å². The maximum absolute atomic E-state index is 13.1. The van der Waals surface area contributed by atoms with E-state index in [1.54, 1.807) is 12.0 Å². The van der Waals surface area contributed by atoms with Gasteiger partial charge in [0.15, 0.2) is 11.6 Å². The van der Waals surface area contributed by atoms with Crippen LogP contribution in [-0.2, 0) is 9.53 Å². The molecule has 0 unspecified atom stereocenters. The lowest BCUT2D eigenvalue weighted by Crippen LogP contribution is -2.37. The number of amides is 1. The second kappa shape index (κ2) is 9.00. The highest BCUT2D eigenvalue weighted by Crippen LogP contribution is 2.21. The zero-order valence-corrected chi connectivity index (χ0v) is 13.4. The van der Waals surface area contributed by atoms with E-state index in [2.05, 4.69) is 0 Å². The van der Waals surface area contributed by atoms with Crippen molar-refractivity contribution in [3.8, 4) is 0 Å². The van der Waals surface area contributed by atoms with Crippen LogP contribution in [0.15, 0.2) is 23.1 Å². The van der Waals surface area contributed by atoms with Crippen molar-refractivity contribution in [3.63, 3.8) is 0 Å². The van der Waals surface area contributed by atoms with Crippen molar-refractivity contribution in [1.82, 2.24) is 4.90 Å². The summed E-state index contributed by atoms with van der Waals surface area (Å²) in [5.74, 6) is -1.26. The molecule has 0 bridgehead atoms. The number of methoxy groups -OCH3 is 1. The average molecular weight is 317 g/mol. The van der Waals surface area contributed by atoms with Crippen molar-refractivity contribution in [1.29, 1.82) is 0 Å². The van der Waals surface area contributed by atoms with E-state index in [0.29, 0.717) is 30.5 Å². The molecule has 21 heavy (non-hydrogen) atoms. The third-order valence-electron chi connectivity index (χ3n) is 2.76. The van der Waals surface area contributed by atoms with Crippen LogP contribution in [-0.4, -0.2) is 43.4 Å². The van der Waals surface area contributed by atoms with Gasteiger partial charge in [0.25, 0.3) is 0 Å². The largest absolute Gasteiger partial charge is 0.383 e. The third-order valence-corrected chi connectivity index (χ3v) is 3.74. The highest BCUT2D eigenvalue weighted by molar-refractivity contribution is 8.00. The molecule has 1 aromatic rings. The predicted octanol–water partition coefficient (Wildman–Crippen LogP) is 3.19. The van der Waals surface area contributed by atoms with Crippen molar-refractivity contribution >= 4 is 17.7 Å². The fraction of sp³-hybridized carbons (Fsp3) is 0.533. The van der Waals surface area contributed by atoms with Gasteiger partial charge in [-0.1, -0.05) is 13.8 Å². The molecule has 3 nitrogen and oxygen atoms in total. The van der Waals surface area contributed by atoms with E-state index < -0.39 is 11.6 Å². The van der Waals surface area contributed by atoms with Gasteiger partial charge in [0.05, 0.1) is 12.4 Å². The second-order valence-electron chi connectivity index (χ2n) is 5.09. The Labute approximate surface area is 128 Å². The minimum Gasteiger partial charge on any atom is -0.383 e. The second-order valence-corrected chi connectivity index (χ2v) is 6.14. The highest BCUT2D eigenvalue weighted by atomic mass is 32.2. The van der Waals surface area contributed by atoms with E-state index in [1.807, 2.05) is 13.8 Å². The van der Waals surface area contributed by atoms with Gasteiger partial charge in [-0.15, -0.1) is 11.8 Å². The Balaban J connectivity index is 2.57. The van der Waals surface area contributed by atoms with E-state index in [1.165, 1.54) is 17.8 Å². The Bertz CT molecular complexity index is 469. The van der Waals surface area contributed by atoms with Gasteiger partial charge >= 0.3 is 0 Å². The van der Waals surface area contributed by atoms with E-state index >= 15 is 0 Å². The number of benzene rings is 1. The molecule has 1 rings (SSSR count). The fourth-order valence-electron chi connectivity index (χ4n) is 1.76. The number of halogens is 2. The van der Waals surface area contributed by atoms with Gasteiger partial charge in [-0.3, -0.25) is 4.79 Å². The Morgan fingerprint density at radius 3 is 2.62 bits per heavy atom. The molecule has 0 fully saturated rings. The van der Waals surface area contributed by atoms with Crippen LogP contribution < -0.4 is 0 Å². The molecule has 1 amide bonds. The number of carbonyl (C=O) groups is 1. The standard InChI is InChI=1S/C15H21F2NO2S/c1-11(2)9-18(6-7-20-3)15(19)10-21-12-4-5-13(16)14(17)8-12/h4-5,8,11H,6-7,9-10H2,1-3H3. The maximum atomic E-state index is 13.1. The molecular formula is C15H21F2NO2S. The Hall–Kier alpha value is -1.14. The summed E-state index contributed by atoms with van der Waals surface area (Å²) in [6.45, 7) is 5.74. The first kappa shape index (κ1) is 17.9. The van der Waals surface area contributed by atoms with Crippen molar-refractivity contribution in [2.45, 2.75) is 18.7 Å². The summed E-state index contributed by atoms with van der Waals surface area (Å²) in [4.78, 5) is 14.5. The number of thioether (sulfide) groups is 1. The molecule has 6 heteroatoms. The van der Waals surface area contributed by atoms with E-state index in [0.717, 1.165) is 12.1 Å². The first-order chi connectivity index (χ1) is 9.93. The van der Waals surface area contributed by atoms with Crippen molar-refractivity contribution in [2.75, 3.05) is 32.6 Å². The molecular weight excluding hydrogens is 296 g/mol. The summed E-state index contributed by atoms with van der Waals surface area (Å²) in [5.41, 5.74) is 0. The molecule has 0 aliphatic rings. The number of carbonyl (C=O) groups excluding carboxylic acids is 1. The molecule has 0 atom stereocenters. The zero-order chi connectivity index (χ0) is 15.8. The van der Waals surface area contributed by atoms with Crippen molar-refractivity contribution in [3.05, 3.63) is 29.8 Å². The predicted molar refractivity (Wildman–Crippen MR) is 80.4 cm³/mol. The Morgan fingerprint density at radius 2 is 2.05 bits per heavy atom. The van der Waals surface area contributed by atoms with E-state index in [9.17, 15) is 13.6 Å². The van der Waals surface area contributed by atoms with Gasteiger partial charge in [0.1, 0.15) is 0 Å². The molecule has 118 valence electrons. The molecule has 0 heterocycles. The van der Waals surface area contributed by atoms with Gasteiger partial charge in [0, 0.05) is 25.1 Å². The minimum atomic E-state index is -0.897. The third kappa shape index (κ3) is 6.44. The molecule has 0 spiro atoms. The van der Waals surface area contributed by atoms with Crippen molar-refractivity contribution < 1.29 is 18.3 Å². The van der Waals surface area contributed by atoms with Crippen molar-refractivity contribution in [2.24, 2.45) is 5.92 Å². The lowest BCUT2D eigenvalue weighted by atomic mass is 10.2. The summed E-state index contributed by atoms with van der Waals surface area (Å²) in [6, 6.07) is 3.65. The summed E-state index contributed by atoms with van der Waals surface area (Å²) >= 11 is 1.20. The minimum absolute atomic E-state index is 0.0320. The average Bonchev–Trinajstić information content (AvgIpc) is 2.44. The van der Waals surface area contributed by atoms with Crippen LogP contribution in [0, 0.1) is 17.6 Å². The molecule has 0 aliphatic carbocycles. The van der Waals surface area contributed by atoms with E-state index in [4.69, 9.17) is 4.74 Å². The van der Waals surface area contributed by atoms with Crippen LogP contribution in [0.3, 0.4) is 0 Å². The van der Waals surface area contributed by atoms with Gasteiger partial charge < -0.3 is 9.64 Å². The smallest absolute Gasteiger partial charge is 0.233 e. The fourth-order valence-corrected chi connectivity index (χ4v) is 2.59. The number of ether oxygens (including phenoxy) is 1. The summed E-state index contributed by atoms with van der Waals surface area (Å²) < 4.78 is 30.9. The van der Waals surface area contributed by atoms with Crippen LogP contribution in [0.5, 0.6) is 0 Å². The lowest BCUT2D eigenvalue weighted by molar-refractivity contribution is -0.129. The number of rotatable bonds is 8. The summed E-state index contributed by atoms with van der Waals surface area (Å²) in [5, 5.41) is 0. The number of nitrogens with zero attached hydrogens (tertiary/aromatic N) is 1. The Kier molecular flexibility index (Phi) is 7.67. The highest BCUT2D eigenvalue weighted by Gasteiger charge is 2.15. The van der Waals surface area contributed by atoms with Crippen LogP contribution in [0.1, 0.15) is 13.8 Å². The summed E-state index contributed by atoms with van der Waals surface area (Å²) in [7, 11) is 1.59. The normalized spacial score (nSPS) is 11.0. The van der Waals surface area contributed by atoms with Crippen LogP contribution in [0.25, 0.3) is 0 Å². The zero-order valence-electron chi connectivity index (χ0n) is 12.6. The van der Waals surface area contributed by atoms with E-state index in [-0.39, 0.29) is 11.7 Å². The monoisotopic (exact) mass is 317 g/mol. The lowest BCUT2D eigenvalue weighted by Gasteiger charge is -2.24. The number of hydrogen-bond acceptors (Lipinski definition) is 3. The molecule has 0 radical (unpaired) electrons. The first-order valence-electron chi connectivity index (χ1n) is 6.78. The van der Waals surface area contributed by atoms with Crippen LogP contribution in [0.4, 0.5) is 8.78 Å². The Morgan fingerprint density at radius 1 is 1.33 bits per heavy atom. The maximum Gasteiger partial charge on any atom is 0.233 e. The molecule has 0 N–H and O–H groups in total. The summed E-state index contributed by atoms with van der Waals surface area (Å²) in [6.07, 6.45) is 0. The molecule has 1 aromatic carbocycles. The van der Waals surface area contributed by atoms with Gasteiger partial charge in [-0.05, 0) is 24.1 Å². The van der Waals surface area contributed by atoms with Gasteiger partial charge in [0.2, 0.25) is 5.91 Å². The first-order valence-corrected chi connectivity index (χ1v) is 7.77. The molecule has 0 saturated carbocycles. The van der Waals surface area contributed by atoms with Crippen LogP contribution in [0.2, 0.25) is 0 Å². The topological polar surface area (TPSA) is 29.5 Å². The van der Waals surface area contributed by atoms with Crippen LogP contribution >= 0.6 is 11.8 Å². The molecule has 0 saturated heterocycles. The quantitative estimate of drug-likeness (QED) is 0.690.